The van der Waals surface area contributed by atoms with Crippen LogP contribution in [0.15, 0.2) is 0 Å². The van der Waals surface area contributed by atoms with E-state index in [1.807, 2.05) is 0 Å². The minimum atomic E-state index is 0.684. The summed E-state index contributed by atoms with van der Waals surface area (Å²) in [6.07, 6.45) is 45.1. The maximum atomic E-state index is 3.83. The predicted octanol–water partition coefficient (Wildman–Crippen LogP) is 13.7. The van der Waals surface area contributed by atoms with Gasteiger partial charge in [-0.3, -0.25) is 0 Å². The van der Waals surface area contributed by atoms with E-state index in [2.05, 4.69) is 33.0 Å². The van der Waals surface area contributed by atoms with E-state index < -0.39 is 0 Å². The lowest BCUT2D eigenvalue weighted by Crippen LogP contribution is -2.32. The second kappa shape index (κ2) is 34.2. The Morgan fingerprint density at radius 1 is 0.333 bits per heavy atom. The molecular formula is C38H79N. The summed E-state index contributed by atoms with van der Waals surface area (Å²) >= 11 is 0. The summed E-state index contributed by atoms with van der Waals surface area (Å²) in [5, 5.41) is 3.83. The van der Waals surface area contributed by atoms with Gasteiger partial charge in [0.25, 0.3) is 0 Å². The molecule has 2 atom stereocenters. The van der Waals surface area contributed by atoms with Crippen molar-refractivity contribution in [2.45, 2.75) is 233 Å². The quantitative estimate of drug-likeness (QED) is 0.0787. The van der Waals surface area contributed by atoms with E-state index in [1.54, 1.807) is 0 Å². The molecule has 39 heavy (non-hydrogen) atoms. The van der Waals surface area contributed by atoms with E-state index in [1.165, 1.54) is 206 Å². The Bertz CT molecular complexity index is 419. The van der Waals surface area contributed by atoms with Crippen molar-refractivity contribution < 1.29 is 0 Å². The van der Waals surface area contributed by atoms with Crippen LogP contribution in [0.4, 0.5) is 0 Å². The SMILES string of the molecule is CCCCCCCCCCCCCCCCCCNC(C)C(C)CCCCCCCCCCCCCCCC. The van der Waals surface area contributed by atoms with E-state index in [0.29, 0.717) is 6.04 Å². The summed E-state index contributed by atoms with van der Waals surface area (Å²) in [6, 6.07) is 0.684. The van der Waals surface area contributed by atoms with Crippen molar-refractivity contribution in [1.29, 1.82) is 0 Å². The van der Waals surface area contributed by atoms with Crippen molar-refractivity contribution in [2.75, 3.05) is 6.54 Å². The molecule has 0 amide bonds. The third-order valence-corrected chi connectivity index (χ3v) is 9.36. The number of rotatable bonds is 34. The first-order chi connectivity index (χ1) is 19.2. The fraction of sp³-hybridized carbons (Fsp3) is 1.00. The van der Waals surface area contributed by atoms with Gasteiger partial charge in [0.15, 0.2) is 0 Å². The van der Waals surface area contributed by atoms with Gasteiger partial charge in [-0.25, -0.2) is 0 Å². The predicted molar refractivity (Wildman–Crippen MR) is 181 cm³/mol. The zero-order chi connectivity index (χ0) is 28.5. The molecule has 0 aliphatic carbocycles. The molecule has 0 spiro atoms. The van der Waals surface area contributed by atoms with Crippen LogP contribution in [0.3, 0.4) is 0 Å². The van der Waals surface area contributed by atoms with Gasteiger partial charge >= 0.3 is 0 Å². The summed E-state index contributed by atoms with van der Waals surface area (Å²) in [6.45, 7) is 10.7. The van der Waals surface area contributed by atoms with Crippen LogP contribution in [0, 0.1) is 5.92 Å². The van der Waals surface area contributed by atoms with Gasteiger partial charge in [0.2, 0.25) is 0 Å². The van der Waals surface area contributed by atoms with Crippen molar-refractivity contribution in [2.24, 2.45) is 5.92 Å². The van der Waals surface area contributed by atoms with E-state index in [0.717, 1.165) is 5.92 Å². The molecule has 0 aliphatic rings. The van der Waals surface area contributed by atoms with E-state index >= 15 is 0 Å². The fourth-order valence-corrected chi connectivity index (χ4v) is 6.11. The first kappa shape index (κ1) is 39.0. The third-order valence-electron chi connectivity index (χ3n) is 9.36. The molecule has 0 saturated heterocycles. The van der Waals surface area contributed by atoms with Gasteiger partial charge in [0.05, 0.1) is 0 Å². The van der Waals surface area contributed by atoms with Crippen LogP contribution in [0.1, 0.15) is 227 Å². The summed E-state index contributed by atoms with van der Waals surface area (Å²) in [4.78, 5) is 0. The van der Waals surface area contributed by atoms with Crippen molar-refractivity contribution in [3.63, 3.8) is 0 Å². The molecule has 1 heteroatoms. The highest BCUT2D eigenvalue weighted by molar-refractivity contribution is 4.68. The molecule has 0 rings (SSSR count). The molecule has 0 aromatic heterocycles. The molecule has 0 bridgehead atoms. The second-order valence-corrected chi connectivity index (χ2v) is 13.4. The Labute approximate surface area is 250 Å². The lowest BCUT2D eigenvalue weighted by atomic mass is 9.95. The molecule has 1 nitrogen and oxygen atoms in total. The highest BCUT2D eigenvalue weighted by Gasteiger charge is 2.10. The summed E-state index contributed by atoms with van der Waals surface area (Å²) < 4.78 is 0. The highest BCUT2D eigenvalue weighted by atomic mass is 14.9. The number of unbranched alkanes of at least 4 members (excludes halogenated alkanes) is 28. The van der Waals surface area contributed by atoms with E-state index in [-0.39, 0.29) is 0 Å². The molecule has 0 aliphatic heterocycles. The standard InChI is InChI=1S/C38H79N/c1-5-7-9-11-13-15-17-19-21-22-24-26-28-30-32-34-36-39-38(4)37(3)35-33-31-29-27-25-23-20-18-16-14-12-10-8-6-2/h37-39H,5-36H2,1-4H3. The van der Waals surface area contributed by atoms with Crippen LogP contribution in [-0.4, -0.2) is 12.6 Å². The topological polar surface area (TPSA) is 12.0 Å². The molecule has 0 heterocycles. The maximum Gasteiger partial charge on any atom is 0.00643 e. The minimum absolute atomic E-state index is 0.684. The molecule has 236 valence electrons. The van der Waals surface area contributed by atoms with Crippen LogP contribution in [0.2, 0.25) is 0 Å². The average Bonchev–Trinajstić information content (AvgIpc) is 2.94. The van der Waals surface area contributed by atoms with E-state index in [4.69, 9.17) is 0 Å². The minimum Gasteiger partial charge on any atom is -0.314 e. The molecule has 2 unspecified atom stereocenters. The van der Waals surface area contributed by atoms with E-state index in [9.17, 15) is 0 Å². The summed E-state index contributed by atoms with van der Waals surface area (Å²) in [5.41, 5.74) is 0. The Balaban J connectivity index is 3.26. The van der Waals surface area contributed by atoms with Gasteiger partial charge < -0.3 is 5.32 Å². The molecule has 1 N–H and O–H groups in total. The van der Waals surface area contributed by atoms with Crippen LogP contribution in [0.25, 0.3) is 0 Å². The monoisotopic (exact) mass is 550 g/mol. The smallest absolute Gasteiger partial charge is 0.00643 e. The van der Waals surface area contributed by atoms with Gasteiger partial charge in [0.1, 0.15) is 0 Å². The molecule has 0 aromatic carbocycles. The van der Waals surface area contributed by atoms with Crippen molar-refractivity contribution in [3.8, 4) is 0 Å². The molecular weight excluding hydrogens is 470 g/mol. The van der Waals surface area contributed by atoms with Crippen LogP contribution >= 0.6 is 0 Å². The average molecular weight is 550 g/mol. The van der Waals surface area contributed by atoms with Crippen molar-refractivity contribution >= 4 is 0 Å². The Hall–Kier alpha value is -0.0400. The Kier molecular flexibility index (Phi) is 34.1. The molecule has 0 saturated carbocycles. The number of nitrogens with one attached hydrogen (secondary N) is 1. The van der Waals surface area contributed by atoms with Crippen molar-refractivity contribution in [3.05, 3.63) is 0 Å². The Morgan fingerprint density at radius 3 is 0.897 bits per heavy atom. The molecule has 0 radical (unpaired) electrons. The van der Waals surface area contributed by atoms with Crippen molar-refractivity contribution in [1.82, 2.24) is 5.32 Å². The van der Waals surface area contributed by atoms with Crippen LogP contribution in [-0.2, 0) is 0 Å². The first-order valence-electron chi connectivity index (χ1n) is 19.0. The Morgan fingerprint density at radius 2 is 0.590 bits per heavy atom. The lowest BCUT2D eigenvalue weighted by molar-refractivity contribution is 0.362. The van der Waals surface area contributed by atoms with Gasteiger partial charge in [0, 0.05) is 6.04 Å². The number of hydrogen-bond donors (Lipinski definition) is 1. The zero-order valence-electron chi connectivity index (χ0n) is 28.3. The van der Waals surface area contributed by atoms with Gasteiger partial charge in [-0.15, -0.1) is 0 Å². The lowest BCUT2D eigenvalue weighted by Gasteiger charge is -2.21. The third kappa shape index (κ3) is 32.3. The maximum absolute atomic E-state index is 3.83. The second-order valence-electron chi connectivity index (χ2n) is 13.4. The van der Waals surface area contributed by atoms with Gasteiger partial charge in [-0.2, -0.15) is 0 Å². The summed E-state index contributed by atoms with van der Waals surface area (Å²) in [5.74, 6) is 0.823. The number of hydrogen-bond acceptors (Lipinski definition) is 1. The molecule has 0 fully saturated rings. The zero-order valence-corrected chi connectivity index (χ0v) is 28.3. The van der Waals surface area contributed by atoms with Gasteiger partial charge in [-0.1, -0.05) is 207 Å². The van der Waals surface area contributed by atoms with Crippen LogP contribution in [0.5, 0.6) is 0 Å². The van der Waals surface area contributed by atoms with Crippen LogP contribution < -0.4 is 5.32 Å². The fourth-order valence-electron chi connectivity index (χ4n) is 6.11. The molecule has 0 aromatic rings. The highest BCUT2D eigenvalue weighted by Crippen LogP contribution is 2.17. The summed E-state index contributed by atoms with van der Waals surface area (Å²) in [7, 11) is 0. The first-order valence-corrected chi connectivity index (χ1v) is 19.0. The normalized spacial score (nSPS) is 13.2. The van der Waals surface area contributed by atoms with Gasteiger partial charge in [-0.05, 0) is 32.2 Å². The largest absolute Gasteiger partial charge is 0.314 e.